The van der Waals surface area contributed by atoms with Crippen LogP contribution >= 0.6 is 11.6 Å². The topological polar surface area (TPSA) is 35.0 Å². The predicted octanol–water partition coefficient (Wildman–Crippen LogP) is 5.95. The van der Waals surface area contributed by atoms with Gasteiger partial charge >= 0.3 is 0 Å². The molecule has 0 spiro atoms. The third-order valence-electron chi connectivity index (χ3n) is 5.04. The quantitative estimate of drug-likeness (QED) is 0.415. The van der Waals surface area contributed by atoms with Crippen LogP contribution in [0.25, 0.3) is 11.3 Å². The van der Waals surface area contributed by atoms with Gasteiger partial charge in [0.25, 0.3) is 0 Å². The van der Waals surface area contributed by atoms with Crippen LogP contribution in [0.15, 0.2) is 48.7 Å². The van der Waals surface area contributed by atoms with E-state index in [4.69, 9.17) is 16.3 Å². The number of rotatable bonds is 4. The SMILES string of the molecule is Cc1ccnc(COc2ccc(Cl)nc2-c2ccc3c(c2)CCCCC3)c1. The van der Waals surface area contributed by atoms with Crippen molar-refractivity contribution in [3.8, 4) is 17.0 Å². The first-order chi connectivity index (χ1) is 13.2. The van der Waals surface area contributed by atoms with Gasteiger partial charge in [0.2, 0.25) is 0 Å². The van der Waals surface area contributed by atoms with Crippen LogP contribution < -0.4 is 4.74 Å². The molecule has 0 N–H and O–H groups in total. The Morgan fingerprint density at radius 3 is 2.67 bits per heavy atom. The third-order valence-corrected chi connectivity index (χ3v) is 5.25. The lowest BCUT2D eigenvalue weighted by Crippen LogP contribution is -2.01. The van der Waals surface area contributed by atoms with Crippen molar-refractivity contribution in [2.75, 3.05) is 0 Å². The van der Waals surface area contributed by atoms with Crippen LogP contribution in [-0.2, 0) is 19.4 Å². The molecule has 0 amide bonds. The van der Waals surface area contributed by atoms with Crippen LogP contribution in [0.4, 0.5) is 0 Å². The summed E-state index contributed by atoms with van der Waals surface area (Å²) in [5.74, 6) is 0.733. The van der Waals surface area contributed by atoms with Crippen molar-refractivity contribution in [3.63, 3.8) is 0 Å². The van der Waals surface area contributed by atoms with E-state index in [9.17, 15) is 0 Å². The summed E-state index contributed by atoms with van der Waals surface area (Å²) in [5, 5.41) is 0.473. The van der Waals surface area contributed by atoms with E-state index in [0.717, 1.165) is 29.1 Å². The maximum Gasteiger partial charge on any atom is 0.146 e. The molecule has 0 aliphatic heterocycles. The standard InChI is InChI=1S/C23H23ClN2O/c1-16-11-12-25-20(13-16)15-27-21-9-10-22(24)26-23(21)19-8-7-17-5-3-2-4-6-18(17)14-19/h7-14H,2-6,15H2,1H3. The second-order valence-corrected chi connectivity index (χ2v) is 7.53. The minimum atomic E-state index is 0.406. The van der Waals surface area contributed by atoms with E-state index in [1.807, 2.05) is 24.4 Å². The van der Waals surface area contributed by atoms with E-state index in [1.54, 1.807) is 6.07 Å². The van der Waals surface area contributed by atoms with Gasteiger partial charge < -0.3 is 4.74 Å². The molecule has 4 rings (SSSR count). The van der Waals surface area contributed by atoms with Gasteiger partial charge in [-0.05, 0) is 79.6 Å². The Bertz CT molecular complexity index is 955. The fourth-order valence-electron chi connectivity index (χ4n) is 3.63. The molecule has 3 aromatic rings. The molecule has 0 fully saturated rings. The predicted molar refractivity (Wildman–Crippen MR) is 109 cm³/mol. The summed E-state index contributed by atoms with van der Waals surface area (Å²) >= 11 is 6.20. The number of halogens is 1. The van der Waals surface area contributed by atoms with Crippen molar-refractivity contribution in [1.82, 2.24) is 9.97 Å². The molecule has 3 nitrogen and oxygen atoms in total. The number of nitrogens with zero attached hydrogens (tertiary/aromatic N) is 2. The average Bonchev–Trinajstić information content (AvgIpc) is 2.92. The summed E-state index contributed by atoms with van der Waals surface area (Å²) in [6.45, 7) is 2.46. The summed E-state index contributed by atoms with van der Waals surface area (Å²) in [5.41, 5.74) is 6.82. The van der Waals surface area contributed by atoms with Crippen molar-refractivity contribution in [1.29, 1.82) is 0 Å². The van der Waals surface area contributed by atoms with Crippen LogP contribution in [0.1, 0.15) is 41.6 Å². The highest BCUT2D eigenvalue weighted by atomic mass is 35.5. The lowest BCUT2D eigenvalue weighted by molar-refractivity contribution is 0.301. The monoisotopic (exact) mass is 378 g/mol. The minimum absolute atomic E-state index is 0.406. The number of fused-ring (bicyclic) bond motifs is 1. The summed E-state index contributed by atoms with van der Waals surface area (Å²) in [6, 6.07) is 14.3. The lowest BCUT2D eigenvalue weighted by Gasteiger charge is -2.13. The normalized spacial score (nSPS) is 13.7. The van der Waals surface area contributed by atoms with Crippen molar-refractivity contribution in [3.05, 3.63) is 76.2 Å². The Labute approximate surface area is 165 Å². The van der Waals surface area contributed by atoms with Crippen molar-refractivity contribution in [2.45, 2.75) is 45.6 Å². The average molecular weight is 379 g/mol. The fourth-order valence-corrected chi connectivity index (χ4v) is 3.78. The summed E-state index contributed by atoms with van der Waals surface area (Å²) in [7, 11) is 0. The van der Waals surface area contributed by atoms with Crippen LogP contribution in [0, 0.1) is 6.92 Å². The van der Waals surface area contributed by atoms with Crippen LogP contribution in [0.5, 0.6) is 5.75 Å². The summed E-state index contributed by atoms with van der Waals surface area (Å²) in [6.07, 6.45) is 7.94. The highest BCUT2D eigenvalue weighted by Crippen LogP contribution is 2.33. The fraction of sp³-hybridized carbons (Fsp3) is 0.304. The lowest BCUT2D eigenvalue weighted by atomic mass is 9.98. The van der Waals surface area contributed by atoms with Crippen LogP contribution in [0.3, 0.4) is 0 Å². The molecular formula is C23H23ClN2O. The first kappa shape index (κ1) is 18.0. The molecular weight excluding hydrogens is 356 g/mol. The van der Waals surface area contributed by atoms with Gasteiger partial charge in [-0.25, -0.2) is 4.98 Å². The first-order valence-electron chi connectivity index (χ1n) is 9.52. The minimum Gasteiger partial charge on any atom is -0.485 e. The Morgan fingerprint density at radius 2 is 1.81 bits per heavy atom. The highest BCUT2D eigenvalue weighted by molar-refractivity contribution is 6.29. The van der Waals surface area contributed by atoms with Crippen molar-refractivity contribution >= 4 is 11.6 Å². The van der Waals surface area contributed by atoms with Gasteiger partial charge in [-0.3, -0.25) is 4.98 Å². The number of pyridine rings is 2. The van der Waals surface area contributed by atoms with Crippen molar-refractivity contribution in [2.24, 2.45) is 0 Å². The van der Waals surface area contributed by atoms with Gasteiger partial charge in [0.05, 0.1) is 5.69 Å². The highest BCUT2D eigenvalue weighted by Gasteiger charge is 2.14. The molecule has 4 heteroatoms. The second-order valence-electron chi connectivity index (χ2n) is 7.14. The summed E-state index contributed by atoms with van der Waals surface area (Å²) < 4.78 is 6.07. The molecule has 0 saturated heterocycles. The zero-order valence-corrected chi connectivity index (χ0v) is 16.3. The van der Waals surface area contributed by atoms with E-state index >= 15 is 0 Å². The number of aromatic nitrogens is 2. The van der Waals surface area contributed by atoms with Gasteiger partial charge in [-0.2, -0.15) is 0 Å². The van der Waals surface area contributed by atoms with Gasteiger partial charge in [0.15, 0.2) is 0 Å². The molecule has 0 radical (unpaired) electrons. The molecule has 0 unspecified atom stereocenters. The number of ether oxygens (including phenoxy) is 1. The number of hydrogen-bond donors (Lipinski definition) is 0. The molecule has 1 aromatic carbocycles. The smallest absolute Gasteiger partial charge is 0.146 e. The zero-order chi connectivity index (χ0) is 18.6. The maximum absolute atomic E-state index is 6.20. The Kier molecular flexibility index (Phi) is 5.40. The molecule has 0 atom stereocenters. The zero-order valence-electron chi connectivity index (χ0n) is 15.5. The Hall–Kier alpha value is -2.39. The molecule has 138 valence electrons. The number of benzene rings is 1. The Morgan fingerprint density at radius 1 is 0.963 bits per heavy atom. The molecule has 0 bridgehead atoms. The van der Waals surface area contributed by atoms with Gasteiger partial charge in [0, 0.05) is 11.8 Å². The van der Waals surface area contributed by atoms with Gasteiger partial charge in [-0.15, -0.1) is 0 Å². The Balaban J connectivity index is 1.64. The number of hydrogen-bond acceptors (Lipinski definition) is 3. The molecule has 27 heavy (non-hydrogen) atoms. The van der Waals surface area contributed by atoms with Crippen molar-refractivity contribution < 1.29 is 4.74 Å². The second kappa shape index (κ2) is 8.10. The molecule has 2 heterocycles. The maximum atomic E-state index is 6.20. The van der Waals surface area contributed by atoms with E-state index in [-0.39, 0.29) is 0 Å². The van der Waals surface area contributed by atoms with E-state index < -0.39 is 0 Å². The van der Waals surface area contributed by atoms with Gasteiger partial charge in [0.1, 0.15) is 23.2 Å². The third kappa shape index (κ3) is 4.30. The molecule has 1 aliphatic rings. The van der Waals surface area contributed by atoms with Crippen LogP contribution in [0.2, 0.25) is 5.15 Å². The van der Waals surface area contributed by atoms with Gasteiger partial charge in [-0.1, -0.05) is 30.2 Å². The van der Waals surface area contributed by atoms with E-state index in [0.29, 0.717) is 11.8 Å². The molecule has 2 aromatic heterocycles. The molecule has 1 aliphatic carbocycles. The van der Waals surface area contributed by atoms with E-state index in [2.05, 4.69) is 35.1 Å². The first-order valence-corrected chi connectivity index (χ1v) is 9.90. The molecule has 0 saturated carbocycles. The number of aryl methyl sites for hydroxylation is 3. The van der Waals surface area contributed by atoms with E-state index in [1.165, 1.54) is 42.4 Å². The van der Waals surface area contributed by atoms with Crippen LogP contribution in [-0.4, -0.2) is 9.97 Å². The summed E-state index contributed by atoms with van der Waals surface area (Å²) in [4.78, 5) is 8.94. The largest absolute Gasteiger partial charge is 0.485 e.